The first kappa shape index (κ1) is 13.5. The molecule has 0 radical (unpaired) electrons. The van der Waals surface area contributed by atoms with Crippen LogP contribution < -0.4 is 0 Å². The fourth-order valence-electron chi connectivity index (χ4n) is 2.23. The number of H-pyrrole nitrogens is 1. The first-order chi connectivity index (χ1) is 10.1. The van der Waals surface area contributed by atoms with Crippen molar-refractivity contribution >= 4 is 0 Å². The summed E-state index contributed by atoms with van der Waals surface area (Å²) in [7, 11) is 0. The molecular formula is C16H18N4O. The van der Waals surface area contributed by atoms with E-state index in [1.165, 1.54) is 5.56 Å². The zero-order chi connectivity index (χ0) is 14.8. The molecule has 0 amide bonds. The number of nitrogens with one attached hydrogen (secondary N) is 1. The van der Waals surface area contributed by atoms with Gasteiger partial charge in [0.15, 0.2) is 5.69 Å². The van der Waals surface area contributed by atoms with Crippen molar-refractivity contribution in [3.8, 4) is 23.0 Å². The molecule has 2 aromatic heterocycles. The number of aryl methyl sites for hydroxylation is 1. The van der Waals surface area contributed by atoms with E-state index in [1.54, 1.807) is 0 Å². The minimum atomic E-state index is 0.431. The van der Waals surface area contributed by atoms with Crippen LogP contribution in [-0.4, -0.2) is 20.3 Å². The molecule has 0 aliphatic carbocycles. The van der Waals surface area contributed by atoms with Crippen LogP contribution in [0, 0.1) is 12.8 Å². The largest absolute Gasteiger partial charge is 0.332 e. The van der Waals surface area contributed by atoms with Crippen molar-refractivity contribution in [2.24, 2.45) is 5.92 Å². The molecule has 0 aliphatic rings. The predicted octanol–water partition coefficient (Wildman–Crippen LogP) is 3.63. The number of aromatic nitrogens is 4. The predicted molar refractivity (Wildman–Crippen MR) is 80.6 cm³/mol. The van der Waals surface area contributed by atoms with E-state index < -0.39 is 0 Å². The van der Waals surface area contributed by atoms with Gasteiger partial charge in [-0.25, -0.2) is 0 Å². The molecule has 5 nitrogen and oxygen atoms in total. The van der Waals surface area contributed by atoms with Crippen LogP contribution in [0.5, 0.6) is 0 Å². The maximum Gasteiger partial charge on any atom is 0.278 e. The molecule has 0 bridgehead atoms. The van der Waals surface area contributed by atoms with Crippen LogP contribution in [0.4, 0.5) is 0 Å². The Kier molecular flexibility index (Phi) is 3.56. The second-order valence-electron chi connectivity index (χ2n) is 5.65. The lowest BCUT2D eigenvalue weighted by Crippen LogP contribution is -1.93. The van der Waals surface area contributed by atoms with Crippen molar-refractivity contribution < 1.29 is 4.52 Å². The summed E-state index contributed by atoms with van der Waals surface area (Å²) >= 11 is 0. The highest BCUT2D eigenvalue weighted by atomic mass is 16.5. The van der Waals surface area contributed by atoms with Gasteiger partial charge in [0.25, 0.3) is 5.89 Å². The van der Waals surface area contributed by atoms with Crippen LogP contribution in [0.1, 0.15) is 25.1 Å². The Morgan fingerprint density at radius 3 is 2.57 bits per heavy atom. The number of rotatable bonds is 4. The summed E-state index contributed by atoms with van der Waals surface area (Å²) in [5.41, 5.74) is 3.90. The molecule has 3 aromatic rings. The van der Waals surface area contributed by atoms with Crippen LogP contribution >= 0.6 is 0 Å². The monoisotopic (exact) mass is 282 g/mol. The fourth-order valence-corrected chi connectivity index (χ4v) is 2.23. The highest BCUT2D eigenvalue weighted by molar-refractivity contribution is 5.58. The average Bonchev–Trinajstić information content (AvgIpc) is 3.07. The highest BCUT2D eigenvalue weighted by Gasteiger charge is 2.12. The molecule has 0 fully saturated rings. The van der Waals surface area contributed by atoms with Crippen molar-refractivity contribution in [3.05, 3.63) is 41.6 Å². The van der Waals surface area contributed by atoms with Crippen molar-refractivity contribution in [3.63, 3.8) is 0 Å². The molecule has 0 aliphatic heterocycles. The quantitative estimate of drug-likeness (QED) is 0.793. The van der Waals surface area contributed by atoms with Crippen molar-refractivity contribution in [1.82, 2.24) is 20.3 Å². The van der Waals surface area contributed by atoms with E-state index in [0.717, 1.165) is 17.7 Å². The standard InChI is InChI=1S/C16H18N4O/c1-10(2)8-12-4-6-13(7-5-12)15-17-16(21-20-15)14-9-11(3)18-19-14/h4-7,9-10H,8H2,1-3H3,(H,18,19). The summed E-state index contributed by atoms with van der Waals surface area (Å²) in [6.45, 7) is 6.36. The maximum absolute atomic E-state index is 5.27. The number of aromatic amines is 1. The molecule has 21 heavy (non-hydrogen) atoms. The lowest BCUT2D eigenvalue weighted by atomic mass is 10.0. The Bertz CT molecular complexity index is 725. The SMILES string of the molecule is Cc1cc(-c2nc(-c3ccc(CC(C)C)cc3)no2)n[nH]1. The van der Waals surface area contributed by atoms with Gasteiger partial charge in [-0.1, -0.05) is 43.3 Å². The summed E-state index contributed by atoms with van der Waals surface area (Å²) in [4.78, 5) is 4.39. The van der Waals surface area contributed by atoms with Gasteiger partial charge in [-0.3, -0.25) is 5.10 Å². The smallest absolute Gasteiger partial charge is 0.278 e. The minimum Gasteiger partial charge on any atom is -0.332 e. The second kappa shape index (κ2) is 5.52. The fraction of sp³-hybridized carbons (Fsp3) is 0.312. The van der Waals surface area contributed by atoms with Gasteiger partial charge in [0.1, 0.15) is 0 Å². The minimum absolute atomic E-state index is 0.431. The molecule has 108 valence electrons. The second-order valence-corrected chi connectivity index (χ2v) is 5.65. The van der Waals surface area contributed by atoms with Gasteiger partial charge in [-0.05, 0) is 30.9 Å². The van der Waals surface area contributed by atoms with Gasteiger partial charge in [-0.2, -0.15) is 10.1 Å². The van der Waals surface area contributed by atoms with Gasteiger partial charge in [0.2, 0.25) is 5.82 Å². The first-order valence-electron chi connectivity index (χ1n) is 7.07. The van der Waals surface area contributed by atoms with Gasteiger partial charge in [0.05, 0.1) is 0 Å². The van der Waals surface area contributed by atoms with Crippen LogP contribution in [0.2, 0.25) is 0 Å². The van der Waals surface area contributed by atoms with E-state index in [0.29, 0.717) is 23.3 Å². The molecule has 0 saturated heterocycles. The zero-order valence-corrected chi connectivity index (χ0v) is 12.4. The topological polar surface area (TPSA) is 67.6 Å². The molecule has 1 N–H and O–H groups in total. The van der Waals surface area contributed by atoms with Gasteiger partial charge < -0.3 is 4.52 Å². The van der Waals surface area contributed by atoms with E-state index in [4.69, 9.17) is 4.52 Å². The lowest BCUT2D eigenvalue weighted by molar-refractivity contribution is 0.431. The van der Waals surface area contributed by atoms with Crippen LogP contribution in [0.25, 0.3) is 23.0 Å². The third kappa shape index (κ3) is 3.02. The Morgan fingerprint density at radius 1 is 1.19 bits per heavy atom. The van der Waals surface area contributed by atoms with E-state index in [2.05, 4.69) is 46.3 Å². The van der Waals surface area contributed by atoms with Crippen LogP contribution in [-0.2, 0) is 6.42 Å². The Morgan fingerprint density at radius 2 is 1.95 bits per heavy atom. The van der Waals surface area contributed by atoms with Crippen LogP contribution in [0.3, 0.4) is 0 Å². The van der Waals surface area contributed by atoms with Crippen molar-refractivity contribution in [2.75, 3.05) is 0 Å². The summed E-state index contributed by atoms with van der Waals surface area (Å²) < 4.78 is 5.27. The maximum atomic E-state index is 5.27. The third-order valence-electron chi connectivity index (χ3n) is 3.21. The number of benzene rings is 1. The van der Waals surface area contributed by atoms with E-state index in [-0.39, 0.29) is 0 Å². The molecule has 0 unspecified atom stereocenters. The molecule has 0 atom stereocenters. The highest BCUT2D eigenvalue weighted by Crippen LogP contribution is 2.22. The van der Waals surface area contributed by atoms with Gasteiger partial charge in [-0.15, -0.1) is 0 Å². The normalized spacial score (nSPS) is 11.2. The van der Waals surface area contributed by atoms with Gasteiger partial charge in [0, 0.05) is 11.3 Å². The number of hydrogen-bond donors (Lipinski definition) is 1. The molecule has 3 rings (SSSR count). The summed E-state index contributed by atoms with van der Waals surface area (Å²) in [5, 5.41) is 11.0. The lowest BCUT2D eigenvalue weighted by Gasteiger charge is -2.04. The number of nitrogens with zero attached hydrogens (tertiary/aromatic N) is 3. The van der Waals surface area contributed by atoms with Gasteiger partial charge >= 0.3 is 0 Å². The average molecular weight is 282 g/mol. The number of hydrogen-bond acceptors (Lipinski definition) is 4. The molecule has 2 heterocycles. The van der Waals surface area contributed by atoms with Crippen molar-refractivity contribution in [2.45, 2.75) is 27.2 Å². The molecule has 5 heteroatoms. The molecule has 0 spiro atoms. The Balaban J connectivity index is 1.83. The molecule has 0 saturated carbocycles. The van der Waals surface area contributed by atoms with E-state index >= 15 is 0 Å². The Labute approximate surface area is 123 Å². The molecular weight excluding hydrogens is 264 g/mol. The summed E-state index contributed by atoms with van der Waals surface area (Å²) in [6.07, 6.45) is 1.07. The summed E-state index contributed by atoms with van der Waals surface area (Å²) in [5.74, 6) is 1.66. The van der Waals surface area contributed by atoms with E-state index in [9.17, 15) is 0 Å². The van der Waals surface area contributed by atoms with Crippen molar-refractivity contribution in [1.29, 1.82) is 0 Å². The molecule has 1 aromatic carbocycles. The Hall–Kier alpha value is -2.43. The third-order valence-corrected chi connectivity index (χ3v) is 3.21. The zero-order valence-electron chi connectivity index (χ0n) is 12.4. The summed E-state index contributed by atoms with van der Waals surface area (Å²) in [6, 6.07) is 10.2. The van der Waals surface area contributed by atoms with Crippen LogP contribution in [0.15, 0.2) is 34.9 Å². The first-order valence-corrected chi connectivity index (χ1v) is 7.07. The van der Waals surface area contributed by atoms with E-state index in [1.807, 2.05) is 25.1 Å².